The average Bonchev–Trinajstić information content (AvgIpc) is 2.59. The van der Waals surface area contributed by atoms with Gasteiger partial charge >= 0.3 is 0 Å². The molecule has 0 spiro atoms. The van der Waals surface area contributed by atoms with Crippen LogP contribution in [0.3, 0.4) is 0 Å². The van der Waals surface area contributed by atoms with E-state index in [0.717, 1.165) is 0 Å². The van der Waals surface area contributed by atoms with Crippen LogP contribution in [0.15, 0.2) is 36.5 Å². The molecule has 0 aliphatic rings. The van der Waals surface area contributed by atoms with E-state index in [2.05, 4.69) is 10.3 Å². The highest BCUT2D eigenvalue weighted by molar-refractivity contribution is 6.35. The fourth-order valence-corrected chi connectivity index (χ4v) is 2.49. The number of benzene rings is 1. The summed E-state index contributed by atoms with van der Waals surface area (Å²) in [4.78, 5) is 30.4. The third-order valence-electron chi connectivity index (χ3n) is 3.47. The van der Waals surface area contributed by atoms with Gasteiger partial charge in [-0.15, -0.1) is 0 Å². The number of carbonyl (C=O) groups excluding carboxylic acids is 2. The van der Waals surface area contributed by atoms with E-state index in [1.165, 1.54) is 18.3 Å². The van der Waals surface area contributed by atoms with Crippen molar-refractivity contribution in [1.82, 2.24) is 9.88 Å². The zero-order valence-electron chi connectivity index (χ0n) is 13.3. The van der Waals surface area contributed by atoms with E-state index in [-0.39, 0.29) is 11.6 Å². The van der Waals surface area contributed by atoms with E-state index in [9.17, 15) is 9.59 Å². The highest BCUT2D eigenvalue weighted by atomic mass is 35.5. The minimum atomic E-state index is -0.393. The van der Waals surface area contributed by atoms with Gasteiger partial charge in [-0.05, 0) is 44.2 Å². The lowest BCUT2D eigenvalue weighted by Gasteiger charge is -2.18. The Morgan fingerprint density at radius 3 is 2.50 bits per heavy atom. The number of rotatable bonds is 5. The fraction of sp³-hybridized carbons (Fsp3) is 0.235. The topological polar surface area (TPSA) is 62.3 Å². The quantitative estimate of drug-likeness (QED) is 0.866. The predicted octanol–water partition coefficient (Wildman–Crippen LogP) is 4.12. The molecule has 2 amide bonds. The summed E-state index contributed by atoms with van der Waals surface area (Å²) in [5, 5.41) is 3.52. The van der Waals surface area contributed by atoms with Crippen LogP contribution in [-0.2, 0) is 0 Å². The van der Waals surface area contributed by atoms with Crippen LogP contribution in [0, 0.1) is 0 Å². The first kappa shape index (κ1) is 18.2. The van der Waals surface area contributed by atoms with Crippen molar-refractivity contribution in [3.05, 3.63) is 57.8 Å². The fourth-order valence-electron chi connectivity index (χ4n) is 2.15. The number of hydrogen-bond donors (Lipinski definition) is 1. The molecule has 0 unspecified atom stereocenters. The van der Waals surface area contributed by atoms with Crippen molar-refractivity contribution >= 4 is 40.7 Å². The van der Waals surface area contributed by atoms with E-state index in [0.29, 0.717) is 34.4 Å². The van der Waals surface area contributed by atoms with Crippen LogP contribution in [0.1, 0.15) is 34.7 Å². The van der Waals surface area contributed by atoms with Gasteiger partial charge in [0.2, 0.25) is 0 Å². The second kappa shape index (κ2) is 8.13. The number of aromatic nitrogens is 1. The Labute approximate surface area is 150 Å². The molecule has 1 heterocycles. The smallest absolute Gasteiger partial charge is 0.272 e. The average molecular weight is 366 g/mol. The van der Waals surface area contributed by atoms with Crippen molar-refractivity contribution in [2.24, 2.45) is 0 Å². The molecule has 0 bridgehead atoms. The van der Waals surface area contributed by atoms with Crippen molar-refractivity contribution in [3.63, 3.8) is 0 Å². The Morgan fingerprint density at radius 2 is 1.83 bits per heavy atom. The number of nitrogens with zero attached hydrogens (tertiary/aromatic N) is 2. The van der Waals surface area contributed by atoms with Gasteiger partial charge in [-0.25, -0.2) is 0 Å². The van der Waals surface area contributed by atoms with Gasteiger partial charge in [0.25, 0.3) is 11.8 Å². The van der Waals surface area contributed by atoms with Crippen LogP contribution >= 0.6 is 23.2 Å². The van der Waals surface area contributed by atoms with E-state index >= 15 is 0 Å². The van der Waals surface area contributed by atoms with Gasteiger partial charge in [0.1, 0.15) is 5.69 Å². The maximum atomic E-state index is 12.4. The van der Waals surface area contributed by atoms with Gasteiger partial charge in [0.15, 0.2) is 0 Å². The number of carbonyl (C=O) groups is 2. The van der Waals surface area contributed by atoms with Gasteiger partial charge in [0, 0.05) is 29.9 Å². The molecular weight excluding hydrogens is 349 g/mol. The van der Waals surface area contributed by atoms with E-state index in [4.69, 9.17) is 23.2 Å². The zero-order chi connectivity index (χ0) is 17.7. The number of hydrogen-bond acceptors (Lipinski definition) is 3. The van der Waals surface area contributed by atoms with Gasteiger partial charge in [-0.3, -0.25) is 14.6 Å². The molecule has 0 atom stereocenters. The van der Waals surface area contributed by atoms with E-state index in [1.807, 2.05) is 13.8 Å². The second-order valence-electron chi connectivity index (χ2n) is 4.99. The van der Waals surface area contributed by atoms with Crippen LogP contribution in [-0.4, -0.2) is 34.8 Å². The lowest BCUT2D eigenvalue weighted by Crippen LogP contribution is -2.31. The molecule has 0 saturated heterocycles. The summed E-state index contributed by atoms with van der Waals surface area (Å²) in [5.41, 5.74) is 0.947. The summed E-state index contributed by atoms with van der Waals surface area (Å²) in [6, 6.07) is 7.79. The number of anilines is 1. The zero-order valence-corrected chi connectivity index (χ0v) is 14.9. The third kappa shape index (κ3) is 4.24. The summed E-state index contributed by atoms with van der Waals surface area (Å²) < 4.78 is 0. The van der Waals surface area contributed by atoms with E-state index in [1.54, 1.807) is 23.1 Å². The Bertz CT molecular complexity index is 761. The summed E-state index contributed by atoms with van der Waals surface area (Å²) in [6.07, 6.45) is 1.44. The Kier molecular flexibility index (Phi) is 6.17. The predicted molar refractivity (Wildman–Crippen MR) is 95.9 cm³/mol. The number of amides is 2. The minimum absolute atomic E-state index is 0.213. The molecule has 5 nitrogen and oxygen atoms in total. The third-order valence-corrected chi connectivity index (χ3v) is 4.03. The lowest BCUT2D eigenvalue weighted by molar-refractivity contribution is 0.0767. The Morgan fingerprint density at radius 1 is 1.12 bits per heavy atom. The molecule has 126 valence electrons. The normalized spacial score (nSPS) is 10.3. The van der Waals surface area contributed by atoms with Gasteiger partial charge in [-0.2, -0.15) is 0 Å². The molecule has 24 heavy (non-hydrogen) atoms. The highest BCUT2D eigenvalue weighted by Gasteiger charge is 2.16. The van der Waals surface area contributed by atoms with Crippen LogP contribution in [0.4, 0.5) is 5.69 Å². The van der Waals surface area contributed by atoms with Gasteiger partial charge < -0.3 is 10.2 Å². The lowest BCUT2D eigenvalue weighted by atomic mass is 10.2. The molecule has 1 aromatic carbocycles. The van der Waals surface area contributed by atoms with Crippen molar-refractivity contribution < 1.29 is 9.59 Å². The molecule has 0 aliphatic heterocycles. The molecule has 0 fully saturated rings. The first-order chi connectivity index (χ1) is 11.5. The first-order valence-electron chi connectivity index (χ1n) is 7.48. The summed E-state index contributed by atoms with van der Waals surface area (Å²) >= 11 is 12.0. The summed E-state index contributed by atoms with van der Waals surface area (Å²) in [7, 11) is 0. The monoisotopic (exact) mass is 365 g/mol. The largest absolute Gasteiger partial charge is 0.338 e. The Hall–Kier alpha value is -2.11. The second-order valence-corrected chi connectivity index (χ2v) is 5.83. The molecule has 1 aromatic heterocycles. The van der Waals surface area contributed by atoms with Gasteiger partial charge in [0.05, 0.1) is 10.7 Å². The molecule has 0 aliphatic carbocycles. The summed E-state index contributed by atoms with van der Waals surface area (Å²) in [6.45, 7) is 4.93. The molecule has 1 N–H and O–H groups in total. The van der Waals surface area contributed by atoms with Crippen LogP contribution in [0.2, 0.25) is 10.0 Å². The summed E-state index contributed by atoms with van der Waals surface area (Å²) in [5.74, 6) is -0.606. The number of pyridine rings is 1. The van der Waals surface area contributed by atoms with Crippen molar-refractivity contribution in [2.45, 2.75) is 13.8 Å². The van der Waals surface area contributed by atoms with Crippen molar-refractivity contribution in [2.75, 3.05) is 18.4 Å². The SMILES string of the molecule is CCN(CC)C(=O)c1cc(C(=O)Nc2cc(Cl)ccc2Cl)ccn1. The maximum absolute atomic E-state index is 12.4. The van der Waals surface area contributed by atoms with Crippen LogP contribution in [0.5, 0.6) is 0 Å². The van der Waals surface area contributed by atoms with Gasteiger partial charge in [-0.1, -0.05) is 23.2 Å². The standard InChI is InChI=1S/C17H17Cl2N3O2/c1-3-22(4-2)17(24)15-9-11(7-8-20-15)16(23)21-14-10-12(18)5-6-13(14)19/h5-10H,3-4H2,1-2H3,(H,21,23). The van der Waals surface area contributed by atoms with Crippen molar-refractivity contribution in [1.29, 1.82) is 0 Å². The highest BCUT2D eigenvalue weighted by Crippen LogP contribution is 2.25. The molecule has 7 heteroatoms. The minimum Gasteiger partial charge on any atom is -0.338 e. The molecular formula is C17H17Cl2N3O2. The number of nitrogens with one attached hydrogen (secondary N) is 1. The first-order valence-corrected chi connectivity index (χ1v) is 8.23. The van der Waals surface area contributed by atoms with Crippen molar-refractivity contribution in [3.8, 4) is 0 Å². The van der Waals surface area contributed by atoms with Crippen LogP contribution < -0.4 is 5.32 Å². The number of halogens is 2. The molecule has 2 aromatic rings. The molecule has 2 rings (SSSR count). The molecule has 0 radical (unpaired) electrons. The maximum Gasteiger partial charge on any atom is 0.272 e. The van der Waals surface area contributed by atoms with E-state index < -0.39 is 5.91 Å². The molecule has 0 saturated carbocycles. The van der Waals surface area contributed by atoms with Crippen LogP contribution in [0.25, 0.3) is 0 Å². The Balaban J connectivity index is 2.23.